The van der Waals surface area contributed by atoms with Crippen LogP contribution in [0.4, 0.5) is 0 Å². The number of benzene rings is 1. The molecular weight excluding hydrogens is 298 g/mol. The van der Waals surface area contributed by atoms with Crippen LogP contribution < -0.4 is 14.8 Å². The molecular formula is C13H16BrNO3. The normalized spacial score (nSPS) is 18.0. The monoisotopic (exact) mass is 313 g/mol. The fourth-order valence-corrected chi connectivity index (χ4v) is 2.81. The average molecular weight is 314 g/mol. The minimum absolute atomic E-state index is 0.0976. The van der Waals surface area contributed by atoms with Crippen molar-refractivity contribution in [3.8, 4) is 11.5 Å². The summed E-state index contributed by atoms with van der Waals surface area (Å²) in [5.74, 6) is 0.968. The maximum absolute atomic E-state index is 12.2. The summed E-state index contributed by atoms with van der Waals surface area (Å²) in [4.78, 5) is 12.2. The Bertz CT molecular complexity index is 488. The maximum atomic E-state index is 12.2. The van der Waals surface area contributed by atoms with Crippen molar-refractivity contribution < 1.29 is 14.3 Å². The fourth-order valence-electron chi connectivity index (χ4n) is 2.24. The maximum Gasteiger partial charge on any atom is 0.255 e. The number of ether oxygens (including phenoxy) is 2. The van der Waals surface area contributed by atoms with Crippen LogP contribution in [0.3, 0.4) is 0 Å². The van der Waals surface area contributed by atoms with Crippen molar-refractivity contribution >= 4 is 21.8 Å². The van der Waals surface area contributed by atoms with E-state index in [1.165, 1.54) is 0 Å². The van der Waals surface area contributed by atoms with Crippen molar-refractivity contribution in [2.24, 2.45) is 0 Å². The fraction of sp³-hybridized carbons (Fsp3) is 0.462. The molecule has 1 aliphatic rings. The molecule has 0 radical (unpaired) electrons. The van der Waals surface area contributed by atoms with E-state index in [-0.39, 0.29) is 11.9 Å². The van der Waals surface area contributed by atoms with E-state index in [2.05, 4.69) is 28.2 Å². The van der Waals surface area contributed by atoms with Gasteiger partial charge in [-0.2, -0.15) is 0 Å². The molecule has 1 aliphatic heterocycles. The van der Waals surface area contributed by atoms with Crippen LogP contribution in [-0.2, 0) is 6.42 Å². The van der Waals surface area contributed by atoms with E-state index in [0.29, 0.717) is 17.1 Å². The highest BCUT2D eigenvalue weighted by Gasteiger charge is 2.30. The number of rotatable bonds is 3. The molecule has 0 spiro atoms. The highest BCUT2D eigenvalue weighted by Crippen LogP contribution is 2.40. The lowest BCUT2D eigenvalue weighted by atomic mass is 9.93. The first-order valence-electron chi connectivity index (χ1n) is 5.86. The zero-order valence-electron chi connectivity index (χ0n) is 10.7. The number of hydrogen-bond donors (Lipinski definition) is 1. The second-order valence-corrected chi connectivity index (χ2v) is 5.08. The summed E-state index contributed by atoms with van der Waals surface area (Å²) in [5, 5.41) is 2.98. The number of hydrogen-bond acceptors (Lipinski definition) is 3. The molecule has 0 aromatic heterocycles. The van der Waals surface area contributed by atoms with Gasteiger partial charge in [-0.1, -0.05) is 22.9 Å². The number of carbonyl (C=O) groups is 1. The molecule has 1 unspecified atom stereocenters. The summed E-state index contributed by atoms with van der Waals surface area (Å²) in [6.07, 6.45) is 1.71. The number of fused-ring (bicyclic) bond motifs is 1. The van der Waals surface area contributed by atoms with Crippen molar-refractivity contribution in [1.82, 2.24) is 5.32 Å². The molecule has 0 aliphatic carbocycles. The van der Waals surface area contributed by atoms with E-state index in [0.717, 1.165) is 22.9 Å². The van der Waals surface area contributed by atoms with Crippen LogP contribution in [-0.4, -0.2) is 26.2 Å². The van der Waals surface area contributed by atoms with Gasteiger partial charge in [-0.25, -0.2) is 0 Å². The van der Waals surface area contributed by atoms with Gasteiger partial charge in [-0.05, 0) is 24.5 Å². The zero-order valence-corrected chi connectivity index (χ0v) is 12.3. The van der Waals surface area contributed by atoms with E-state index in [9.17, 15) is 4.79 Å². The molecule has 1 N–H and O–H groups in total. The molecule has 5 heteroatoms. The van der Waals surface area contributed by atoms with Crippen LogP contribution in [0.5, 0.6) is 11.5 Å². The van der Waals surface area contributed by atoms with Crippen molar-refractivity contribution in [2.45, 2.75) is 25.8 Å². The third-order valence-electron chi connectivity index (χ3n) is 3.23. The second-order valence-electron chi connectivity index (χ2n) is 4.23. The van der Waals surface area contributed by atoms with E-state index in [4.69, 9.17) is 9.47 Å². The van der Waals surface area contributed by atoms with Gasteiger partial charge in [-0.15, -0.1) is 0 Å². The first kappa shape index (κ1) is 13.2. The van der Waals surface area contributed by atoms with E-state index in [1.54, 1.807) is 14.2 Å². The zero-order chi connectivity index (χ0) is 13.3. The van der Waals surface area contributed by atoms with Gasteiger partial charge in [0.15, 0.2) is 11.5 Å². The van der Waals surface area contributed by atoms with E-state index < -0.39 is 0 Å². The minimum atomic E-state index is -0.0976. The second kappa shape index (κ2) is 5.18. The summed E-state index contributed by atoms with van der Waals surface area (Å²) >= 11 is 3.51. The van der Waals surface area contributed by atoms with Gasteiger partial charge >= 0.3 is 0 Å². The van der Waals surface area contributed by atoms with Crippen LogP contribution in [0.15, 0.2) is 10.5 Å². The van der Waals surface area contributed by atoms with Gasteiger partial charge in [0.05, 0.1) is 19.8 Å². The molecule has 0 bridgehead atoms. The summed E-state index contributed by atoms with van der Waals surface area (Å²) in [5.41, 5.74) is 1.57. The standard InChI is InChI=1S/C13H16BrNO3/c1-4-7-5-8-9(14)6-10(17-2)12(18-3)11(8)13(16)15-7/h6-7H,4-5H2,1-3H3,(H,15,16). The predicted octanol–water partition coefficient (Wildman–Crippen LogP) is 2.53. The molecule has 1 heterocycles. The Morgan fingerprint density at radius 2 is 2.17 bits per heavy atom. The van der Waals surface area contributed by atoms with Gasteiger partial charge in [0.1, 0.15) is 0 Å². The quantitative estimate of drug-likeness (QED) is 0.933. The van der Waals surface area contributed by atoms with E-state index >= 15 is 0 Å². The van der Waals surface area contributed by atoms with Crippen LogP contribution in [0, 0.1) is 0 Å². The number of carbonyl (C=O) groups excluding carboxylic acids is 1. The Hall–Kier alpha value is -1.23. The molecule has 1 aromatic carbocycles. The van der Waals surface area contributed by atoms with Crippen LogP contribution in [0.25, 0.3) is 0 Å². The first-order chi connectivity index (χ1) is 8.62. The smallest absolute Gasteiger partial charge is 0.255 e. The summed E-state index contributed by atoms with van der Waals surface area (Å²) < 4.78 is 11.5. The topological polar surface area (TPSA) is 47.6 Å². The van der Waals surface area contributed by atoms with E-state index in [1.807, 2.05) is 6.07 Å². The summed E-state index contributed by atoms with van der Waals surface area (Å²) in [6, 6.07) is 2.03. The molecule has 4 nitrogen and oxygen atoms in total. The molecule has 1 atom stereocenters. The van der Waals surface area contributed by atoms with Gasteiger partial charge in [-0.3, -0.25) is 4.79 Å². The molecule has 98 valence electrons. The predicted molar refractivity (Wildman–Crippen MR) is 72.5 cm³/mol. The van der Waals surface area contributed by atoms with Gasteiger partial charge < -0.3 is 14.8 Å². The Kier molecular flexibility index (Phi) is 3.80. The molecule has 0 saturated carbocycles. The van der Waals surface area contributed by atoms with Gasteiger partial charge in [0.2, 0.25) is 0 Å². The summed E-state index contributed by atoms with van der Waals surface area (Å²) in [7, 11) is 3.11. The Morgan fingerprint density at radius 3 is 2.72 bits per heavy atom. The average Bonchev–Trinajstić information content (AvgIpc) is 2.38. The Morgan fingerprint density at radius 1 is 1.44 bits per heavy atom. The lowest BCUT2D eigenvalue weighted by Crippen LogP contribution is -2.41. The van der Waals surface area contributed by atoms with Crippen molar-refractivity contribution in [1.29, 1.82) is 0 Å². The molecule has 0 fully saturated rings. The molecule has 0 saturated heterocycles. The Labute approximate surface area is 115 Å². The lowest BCUT2D eigenvalue weighted by Gasteiger charge is -2.27. The lowest BCUT2D eigenvalue weighted by molar-refractivity contribution is 0.0919. The highest BCUT2D eigenvalue weighted by atomic mass is 79.9. The van der Waals surface area contributed by atoms with Crippen LogP contribution in [0.2, 0.25) is 0 Å². The SMILES string of the molecule is CCC1Cc2c(Br)cc(OC)c(OC)c2C(=O)N1. The van der Waals surface area contributed by atoms with Gasteiger partial charge in [0, 0.05) is 10.5 Å². The van der Waals surface area contributed by atoms with Crippen molar-refractivity contribution in [3.05, 3.63) is 21.7 Å². The number of nitrogens with one attached hydrogen (secondary N) is 1. The van der Waals surface area contributed by atoms with Gasteiger partial charge in [0.25, 0.3) is 5.91 Å². The number of halogens is 1. The highest BCUT2D eigenvalue weighted by molar-refractivity contribution is 9.10. The molecule has 1 amide bonds. The van der Waals surface area contributed by atoms with Crippen LogP contribution in [0.1, 0.15) is 29.3 Å². The minimum Gasteiger partial charge on any atom is -0.493 e. The third-order valence-corrected chi connectivity index (χ3v) is 3.94. The third kappa shape index (κ3) is 2.07. The molecule has 2 rings (SSSR count). The first-order valence-corrected chi connectivity index (χ1v) is 6.65. The summed E-state index contributed by atoms with van der Waals surface area (Å²) in [6.45, 7) is 2.06. The van der Waals surface area contributed by atoms with Crippen LogP contribution >= 0.6 is 15.9 Å². The molecule has 18 heavy (non-hydrogen) atoms. The van der Waals surface area contributed by atoms with Crippen molar-refractivity contribution in [2.75, 3.05) is 14.2 Å². The largest absolute Gasteiger partial charge is 0.493 e. The number of amides is 1. The van der Waals surface area contributed by atoms with Crippen molar-refractivity contribution in [3.63, 3.8) is 0 Å². The Balaban J connectivity index is 2.62. The molecule has 1 aromatic rings. The number of methoxy groups -OCH3 is 2.